The van der Waals surface area contributed by atoms with Gasteiger partial charge in [-0.1, -0.05) is 17.8 Å². The number of nitrogens with two attached hydrogens (primary N) is 1. The van der Waals surface area contributed by atoms with Gasteiger partial charge in [-0.3, -0.25) is 9.36 Å². The van der Waals surface area contributed by atoms with Gasteiger partial charge in [-0.15, -0.1) is 10.2 Å². The number of rotatable bonds is 6. The van der Waals surface area contributed by atoms with Gasteiger partial charge in [0.1, 0.15) is 5.75 Å². The third kappa shape index (κ3) is 4.28. The summed E-state index contributed by atoms with van der Waals surface area (Å²) in [6, 6.07) is 11.7. The van der Waals surface area contributed by atoms with Crippen LogP contribution in [0.3, 0.4) is 0 Å². The summed E-state index contributed by atoms with van der Waals surface area (Å²) in [6.45, 7) is 0. The van der Waals surface area contributed by atoms with Gasteiger partial charge in [0, 0.05) is 5.56 Å². The zero-order valence-electron chi connectivity index (χ0n) is 14.6. The summed E-state index contributed by atoms with van der Waals surface area (Å²) in [6.07, 6.45) is -4.50. The normalized spacial score (nSPS) is 11.4. The van der Waals surface area contributed by atoms with Crippen molar-refractivity contribution in [2.45, 2.75) is 11.3 Å². The van der Waals surface area contributed by atoms with Gasteiger partial charge in [-0.05, 0) is 42.5 Å². The molecule has 0 aliphatic rings. The van der Waals surface area contributed by atoms with Gasteiger partial charge in [0.25, 0.3) is 0 Å². The van der Waals surface area contributed by atoms with E-state index in [9.17, 15) is 18.0 Å². The standard InChI is InChI=1S/C18H15F3N4O2S/c1-27-14-7-5-11(6-8-14)16-23-24-17(28-10-15(22)26)25(16)13-4-2-3-12(9-13)18(19,20)21/h2-9H,10H2,1H3,(H2,22,26). The van der Waals surface area contributed by atoms with Crippen LogP contribution in [0.5, 0.6) is 5.75 Å². The van der Waals surface area contributed by atoms with E-state index in [4.69, 9.17) is 10.5 Å². The molecule has 0 radical (unpaired) electrons. The number of hydrogen-bond acceptors (Lipinski definition) is 5. The van der Waals surface area contributed by atoms with Gasteiger partial charge in [-0.25, -0.2) is 0 Å². The number of primary amides is 1. The van der Waals surface area contributed by atoms with Gasteiger partial charge in [0.2, 0.25) is 5.91 Å². The van der Waals surface area contributed by atoms with Crippen molar-refractivity contribution in [3.8, 4) is 22.8 Å². The number of ether oxygens (including phenoxy) is 1. The monoisotopic (exact) mass is 408 g/mol. The molecule has 10 heteroatoms. The van der Waals surface area contributed by atoms with Crippen molar-refractivity contribution in [1.29, 1.82) is 0 Å². The van der Waals surface area contributed by atoms with Crippen LogP contribution in [0.25, 0.3) is 17.1 Å². The minimum Gasteiger partial charge on any atom is -0.497 e. The number of carbonyl (C=O) groups is 1. The highest BCUT2D eigenvalue weighted by Gasteiger charge is 2.31. The Morgan fingerprint density at radius 1 is 1.18 bits per heavy atom. The fourth-order valence-electron chi connectivity index (χ4n) is 2.48. The zero-order chi connectivity index (χ0) is 20.3. The summed E-state index contributed by atoms with van der Waals surface area (Å²) >= 11 is 0.995. The molecule has 0 saturated heterocycles. The molecule has 0 bridgehead atoms. The third-order valence-electron chi connectivity index (χ3n) is 3.76. The number of amides is 1. The average molecular weight is 408 g/mol. The first-order valence-corrected chi connectivity index (χ1v) is 8.96. The van der Waals surface area contributed by atoms with E-state index in [-0.39, 0.29) is 16.6 Å². The fraction of sp³-hybridized carbons (Fsp3) is 0.167. The van der Waals surface area contributed by atoms with Gasteiger partial charge in [0.15, 0.2) is 11.0 Å². The second kappa shape index (κ2) is 7.93. The largest absolute Gasteiger partial charge is 0.497 e. The average Bonchev–Trinajstić information content (AvgIpc) is 3.10. The van der Waals surface area contributed by atoms with Crippen molar-refractivity contribution in [3.05, 3.63) is 54.1 Å². The molecule has 0 atom stereocenters. The molecule has 3 aromatic rings. The van der Waals surface area contributed by atoms with Crippen LogP contribution in [0, 0.1) is 0 Å². The molecule has 0 aliphatic heterocycles. The highest BCUT2D eigenvalue weighted by Crippen LogP contribution is 2.33. The molecule has 146 valence electrons. The number of alkyl halides is 3. The Labute approximate surface area is 162 Å². The van der Waals surface area contributed by atoms with E-state index in [0.717, 1.165) is 23.9 Å². The number of aromatic nitrogens is 3. The zero-order valence-corrected chi connectivity index (χ0v) is 15.4. The lowest BCUT2D eigenvalue weighted by molar-refractivity contribution is -0.137. The summed E-state index contributed by atoms with van der Waals surface area (Å²) < 4.78 is 46.0. The van der Waals surface area contributed by atoms with Crippen molar-refractivity contribution >= 4 is 17.7 Å². The topological polar surface area (TPSA) is 83.0 Å². The smallest absolute Gasteiger partial charge is 0.416 e. The second-order valence-corrected chi connectivity index (χ2v) is 6.62. The molecular weight excluding hydrogens is 393 g/mol. The second-order valence-electron chi connectivity index (χ2n) is 5.67. The van der Waals surface area contributed by atoms with Crippen LogP contribution >= 0.6 is 11.8 Å². The Hall–Kier alpha value is -3.01. The Morgan fingerprint density at radius 2 is 1.89 bits per heavy atom. The van der Waals surface area contributed by atoms with Gasteiger partial charge in [-0.2, -0.15) is 13.2 Å². The van der Waals surface area contributed by atoms with Crippen molar-refractivity contribution < 1.29 is 22.7 Å². The lowest BCUT2D eigenvalue weighted by atomic mass is 10.1. The van der Waals surface area contributed by atoms with Crippen LogP contribution in [0.15, 0.2) is 53.7 Å². The van der Waals surface area contributed by atoms with E-state index in [0.29, 0.717) is 17.1 Å². The molecule has 0 spiro atoms. The maximum absolute atomic E-state index is 13.2. The molecule has 2 aromatic carbocycles. The molecule has 6 nitrogen and oxygen atoms in total. The maximum atomic E-state index is 13.2. The number of thioether (sulfide) groups is 1. The van der Waals surface area contributed by atoms with Crippen LogP contribution in [-0.4, -0.2) is 33.5 Å². The molecule has 0 unspecified atom stereocenters. The minimum atomic E-state index is -4.50. The number of halogens is 3. The van der Waals surface area contributed by atoms with Crippen molar-refractivity contribution in [1.82, 2.24) is 14.8 Å². The predicted molar refractivity (Wildman–Crippen MR) is 98.3 cm³/mol. The van der Waals surface area contributed by atoms with Crippen molar-refractivity contribution in [3.63, 3.8) is 0 Å². The van der Waals surface area contributed by atoms with E-state index >= 15 is 0 Å². The van der Waals surface area contributed by atoms with Crippen LogP contribution in [-0.2, 0) is 11.0 Å². The molecule has 0 fully saturated rings. The summed E-state index contributed by atoms with van der Waals surface area (Å²) in [5.41, 5.74) is 5.22. The Balaban J connectivity index is 2.13. The lowest BCUT2D eigenvalue weighted by Crippen LogP contribution is -2.14. The fourth-order valence-corrected chi connectivity index (χ4v) is 3.17. The first kappa shape index (κ1) is 19.7. The molecule has 2 N–H and O–H groups in total. The molecule has 28 heavy (non-hydrogen) atoms. The summed E-state index contributed by atoms with van der Waals surface area (Å²) in [5.74, 6) is 0.292. The number of carbonyl (C=O) groups excluding carboxylic acids is 1. The molecular formula is C18H15F3N4O2S. The van der Waals surface area contributed by atoms with Crippen LogP contribution in [0.1, 0.15) is 5.56 Å². The van der Waals surface area contributed by atoms with E-state index < -0.39 is 17.6 Å². The summed E-state index contributed by atoms with van der Waals surface area (Å²) in [5, 5.41) is 8.39. The van der Waals surface area contributed by atoms with E-state index in [1.165, 1.54) is 23.8 Å². The SMILES string of the molecule is COc1ccc(-c2nnc(SCC(N)=O)n2-c2cccc(C(F)(F)F)c2)cc1. The van der Waals surface area contributed by atoms with Gasteiger partial charge in [0.05, 0.1) is 24.1 Å². The number of hydrogen-bond donors (Lipinski definition) is 1. The van der Waals surface area contributed by atoms with E-state index in [2.05, 4.69) is 10.2 Å². The molecule has 1 heterocycles. The van der Waals surface area contributed by atoms with Crippen molar-refractivity contribution in [2.24, 2.45) is 5.73 Å². The Bertz CT molecular complexity index is 987. The third-order valence-corrected chi connectivity index (χ3v) is 4.71. The number of nitrogens with zero attached hydrogens (tertiary/aromatic N) is 3. The summed E-state index contributed by atoms with van der Waals surface area (Å²) in [4.78, 5) is 11.1. The quantitative estimate of drug-likeness (QED) is 0.631. The molecule has 3 rings (SSSR count). The highest BCUT2D eigenvalue weighted by molar-refractivity contribution is 7.99. The summed E-state index contributed by atoms with van der Waals surface area (Å²) in [7, 11) is 1.53. The lowest BCUT2D eigenvalue weighted by Gasteiger charge is -2.13. The molecule has 0 aliphatic carbocycles. The molecule has 0 saturated carbocycles. The van der Waals surface area contributed by atoms with Gasteiger partial charge < -0.3 is 10.5 Å². The van der Waals surface area contributed by atoms with Crippen molar-refractivity contribution in [2.75, 3.05) is 12.9 Å². The number of methoxy groups -OCH3 is 1. The molecule has 1 amide bonds. The minimum absolute atomic E-state index is 0.0836. The molecule has 1 aromatic heterocycles. The number of benzene rings is 2. The van der Waals surface area contributed by atoms with Crippen LogP contribution in [0.4, 0.5) is 13.2 Å². The Kier molecular flexibility index (Phi) is 5.59. The van der Waals surface area contributed by atoms with Crippen LogP contribution in [0.2, 0.25) is 0 Å². The first-order chi connectivity index (χ1) is 13.3. The van der Waals surface area contributed by atoms with E-state index in [1.807, 2.05) is 0 Å². The first-order valence-electron chi connectivity index (χ1n) is 7.98. The van der Waals surface area contributed by atoms with E-state index in [1.54, 1.807) is 24.3 Å². The predicted octanol–water partition coefficient (Wildman–Crippen LogP) is 3.54. The Morgan fingerprint density at radius 3 is 2.50 bits per heavy atom. The maximum Gasteiger partial charge on any atom is 0.416 e. The van der Waals surface area contributed by atoms with Gasteiger partial charge >= 0.3 is 6.18 Å². The highest BCUT2D eigenvalue weighted by atomic mass is 32.2. The van der Waals surface area contributed by atoms with Crippen LogP contribution < -0.4 is 10.5 Å².